The molecule has 4 rings (SSSR count). The molecular weight excluding hydrogens is 404 g/mol. The van der Waals surface area contributed by atoms with Gasteiger partial charge < -0.3 is 15.1 Å². The Balaban J connectivity index is 1.90. The van der Waals surface area contributed by atoms with Crippen LogP contribution in [0.2, 0.25) is 5.02 Å². The molecule has 0 radical (unpaired) electrons. The summed E-state index contributed by atoms with van der Waals surface area (Å²) in [5, 5.41) is 22.6. The number of carbonyl (C=O) groups is 3. The lowest BCUT2D eigenvalue weighted by atomic mass is 10.1. The number of nitrogens with zero attached hydrogens (tertiary/aromatic N) is 2. The van der Waals surface area contributed by atoms with Crippen LogP contribution in [0.3, 0.4) is 0 Å². The third kappa shape index (κ3) is 2.85. The highest BCUT2D eigenvalue weighted by Crippen LogP contribution is 2.36. The van der Waals surface area contributed by atoms with Crippen molar-refractivity contribution in [2.45, 2.75) is 18.9 Å². The molecule has 1 aliphatic heterocycles. The van der Waals surface area contributed by atoms with Crippen molar-refractivity contribution in [2.75, 3.05) is 6.54 Å². The Bertz CT molecular complexity index is 1110. The maximum absolute atomic E-state index is 13.1. The summed E-state index contributed by atoms with van der Waals surface area (Å²) in [6.07, 6.45) is 0.892. The van der Waals surface area contributed by atoms with E-state index in [0.717, 1.165) is 4.57 Å². The van der Waals surface area contributed by atoms with E-state index >= 15 is 0 Å². The van der Waals surface area contributed by atoms with Crippen LogP contribution in [-0.4, -0.2) is 50.1 Å². The summed E-state index contributed by atoms with van der Waals surface area (Å²) >= 11 is 7.30. The van der Waals surface area contributed by atoms with Crippen LogP contribution in [0, 0.1) is 0 Å². The number of hydrogen-bond donors (Lipinski definition) is 2. The fourth-order valence-electron chi connectivity index (χ4n) is 3.58. The number of halogens is 1. The molecule has 3 heterocycles. The van der Waals surface area contributed by atoms with Gasteiger partial charge in [0.15, 0.2) is 0 Å². The van der Waals surface area contributed by atoms with Gasteiger partial charge in [0.2, 0.25) is 11.7 Å². The first-order valence-electron chi connectivity index (χ1n) is 8.55. The summed E-state index contributed by atoms with van der Waals surface area (Å²) in [5.41, 5.74) is 0.266. The molecule has 1 aliphatic rings. The maximum atomic E-state index is 13.1. The molecule has 0 spiro atoms. The molecule has 7 nitrogen and oxygen atoms in total. The summed E-state index contributed by atoms with van der Waals surface area (Å²) < 4.78 is 0.994. The number of aliphatic carboxylic acids is 1. The van der Waals surface area contributed by atoms with E-state index in [2.05, 4.69) is 0 Å². The zero-order chi connectivity index (χ0) is 20.0. The number of carboxylic acid groups (broad SMARTS) is 1. The number of aromatic hydroxyl groups is 1. The van der Waals surface area contributed by atoms with Crippen molar-refractivity contribution in [3.63, 3.8) is 0 Å². The number of rotatable bonds is 3. The van der Waals surface area contributed by atoms with Gasteiger partial charge in [-0.05, 0) is 42.5 Å². The third-order valence-electron chi connectivity index (χ3n) is 4.85. The van der Waals surface area contributed by atoms with Crippen molar-refractivity contribution in [1.82, 2.24) is 9.47 Å². The summed E-state index contributed by atoms with van der Waals surface area (Å²) in [4.78, 5) is 39.2. The molecule has 1 aromatic carbocycles. The fourth-order valence-corrected chi connectivity index (χ4v) is 4.42. The number of fused-ring (bicyclic) bond motifs is 1. The van der Waals surface area contributed by atoms with Gasteiger partial charge in [0.05, 0.1) is 16.0 Å². The first-order valence-corrected chi connectivity index (χ1v) is 9.81. The predicted octanol–water partition coefficient (Wildman–Crippen LogP) is 3.81. The maximum Gasteiger partial charge on any atom is 0.332 e. The zero-order valence-electron chi connectivity index (χ0n) is 14.5. The predicted molar refractivity (Wildman–Crippen MR) is 105 cm³/mol. The van der Waals surface area contributed by atoms with E-state index in [9.17, 15) is 24.6 Å². The van der Waals surface area contributed by atoms with E-state index < -0.39 is 29.7 Å². The van der Waals surface area contributed by atoms with Gasteiger partial charge in [0, 0.05) is 17.0 Å². The van der Waals surface area contributed by atoms with Crippen molar-refractivity contribution in [3.05, 3.63) is 51.2 Å². The second-order valence-electron chi connectivity index (χ2n) is 6.47. The normalized spacial score (nSPS) is 16.6. The van der Waals surface area contributed by atoms with Crippen LogP contribution in [0.15, 0.2) is 35.7 Å². The first-order chi connectivity index (χ1) is 13.4. The Morgan fingerprint density at radius 3 is 2.68 bits per heavy atom. The summed E-state index contributed by atoms with van der Waals surface area (Å²) in [5.74, 6) is -2.04. The topological polar surface area (TPSA) is 99.8 Å². The Labute approximate surface area is 168 Å². The van der Waals surface area contributed by atoms with E-state index in [0.29, 0.717) is 33.6 Å². The second kappa shape index (κ2) is 6.96. The van der Waals surface area contributed by atoms with E-state index in [4.69, 9.17) is 11.6 Å². The summed E-state index contributed by atoms with van der Waals surface area (Å²) in [6, 6.07) is 6.29. The number of thiophene rings is 1. The zero-order valence-corrected chi connectivity index (χ0v) is 16.0. The molecule has 0 unspecified atom stereocenters. The van der Waals surface area contributed by atoms with Gasteiger partial charge >= 0.3 is 12.0 Å². The van der Waals surface area contributed by atoms with Crippen molar-refractivity contribution in [2.24, 2.45) is 0 Å². The van der Waals surface area contributed by atoms with E-state index in [1.54, 1.807) is 23.6 Å². The van der Waals surface area contributed by atoms with E-state index in [1.165, 1.54) is 28.4 Å². The van der Waals surface area contributed by atoms with Gasteiger partial charge in [0.1, 0.15) is 6.04 Å². The highest BCUT2D eigenvalue weighted by atomic mass is 35.5. The molecule has 1 saturated heterocycles. The van der Waals surface area contributed by atoms with Gasteiger partial charge in [-0.15, -0.1) is 11.3 Å². The lowest BCUT2D eigenvalue weighted by Gasteiger charge is -2.22. The number of benzene rings is 1. The third-order valence-corrected chi connectivity index (χ3v) is 5.95. The molecule has 1 amide bonds. The number of amides is 1. The molecule has 0 saturated carbocycles. The summed E-state index contributed by atoms with van der Waals surface area (Å²) in [6.45, 7) is 0.261. The van der Waals surface area contributed by atoms with Gasteiger partial charge in [-0.1, -0.05) is 17.7 Å². The first kappa shape index (κ1) is 18.5. The van der Waals surface area contributed by atoms with Crippen LogP contribution in [0.1, 0.15) is 28.1 Å². The van der Waals surface area contributed by atoms with Crippen LogP contribution in [0.5, 0.6) is 5.88 Å². The monoisotopic (exact) mass is 418 g/mol. The molecule has 2 N–H and O–H groups in total. The number of hydrogen-bond acceptors (Lipinski definition) is 5. The SMILES string of the molecule is O=C(c1cccs1)c1c(O)n(C(=O)N2CCC[C@@H]2C(=O)O)c2ccc(Cl)cc12. The molecule has 1 fully saturated rings. The highest BCUT2D eigenvalue weighted by molar-refractivity contribution is 7.12. The molecule has 1 atom stereocenters. The molecule has 2 aromatic heterocycles. The Morgan fingerprint density at radius 1 is 1.21 bits per heavy atom. The number of aromatic nitrogens is 1. The standard InChI is InChI=1S/C19H15ClN2O5S/c20-10-5-6-12-11(9-10)15(16(23)14-4-2-8-28-14)17(24)22(12)19(27)21-7-1-3-13(21)18(25)26/h2,4-6,8-9,13,24H,1,3,7H2,(H,25,26)/t13-/m1/s1. The van der Waals surface area contributed by atoms with Crippen LogP contribution in [0.25, 0.3) is 10.9 Å². The van der Waals surface area contributed by atoms with Crippen molar-refractivity contribution < 1.29 is 24.6 Å². The van der Waals surface area contributed by atoms with E-state index in [1.807, 2.05) is 0 Å². The van der Waals surface area contributed by atoms with Crippen LogP contribution < -0.4 is 0 Å². The van der Waals surface area contributed by atoms with Gasteiger partial charge in [-0.3, -0.25) is 4.79 Å². The number of carboxylic acids is 1. The molecule has 0 aliphatic carbocycles. The fraction of sp³-hybridized carbons (Fsp3) is 0.211. The number of carbonyl (C=O) groups excluding carboxylic acids is 2. The number of ketones is 1. The molecule has 0 bridgehead atoms. The minimum absolute atomic E-state index is 0.0284. The average molecular weight is 419 g/mol. The highest BCUT2D eigenvalue weighted by Gasteiger charge is 2.37. The van der Waals surface area contributed by atoms with Crippen LogP contribution in [0.4, 0.5) is 4.79 Å². The largest absolute Gasteiger partial charge is 0.494 e. The second-order valence-corrected chi connectivity index (χ2v) is 7.86. The lowest BCUT2D eigenvalue weighted by Crippen LogP contribution is -2.42. The molecule has 9 heteroatoms. The summed E-state index contributed by atoms with van der Waals surface area (Å²) in [7, 11) is 0. The van der Waals surface area contributed by atoms with Gasteiger partial charge in [-0.2, -0.15) is 0 Å². The van der Waals surface area contributed by atoms with Crippen molar-refractivity contribution in [3.8, 4) is 5.88 Å². The molecule has 144 valence electrons. The minimum Gasteiger partial charge on any atom is -0.494 e. The Morgan fingerprint density at radius 2 is 2.00 bits per heavy atom. The van der Waals surface area contributed by atoms with Crippen LogP contribution in [-0.2, 0) is 4.79 Å². The van der Waals surface area contributed by atoms with Gasteiger partial charge in [-0.25, -0.2) is 14.2 Å². The van der Waals surface area contributed by atoms with Crippen LogP contribution >= 0.6 is 22.9 Å². The van der Waals surface area contributed by atoms with E-state index in [-0.39, 0.29) is 12.1 Å². The smallest absolute Gasteiger partial charge is 0.332 e. The Hall–Kier alpha value is -2.84. The van der Waals surface area contributed by atoms with Crippen molar-refractivity contribution >= 4 is 51.6 Å². The van der Waals surface area contributed by atoms with Crippen molar-refractivity contribution in [1.29, 1.82) is 0 Å². The quantitative estimate of drug-likeness (QED) is 0.630. The van der Waals surface area contributed by atoms with Gasteiger partial charge in [0.25, 0.3) is 0 Å². The Kier molecular flexibility index (Phi) is 4.60. The molecule has 28 heavy (non-hydrogen) atoms. The molecule has 3 aromatic rings. The average Bonchev–Trinajstić information content (AvgIpc) is 3.39. The lowest BCUT2D eigenvalue weighted by molar-refractivity contribution is -0.141. The minimum atomic E-state index is -1.10. The molecular formula is C19H15ClN2O5S. The number of likely N-dealkylation sites (tertiary alicyclic amines) is 1.